The quantitative estimate of drug-likeness (QED) is 0.145. The third kappa shape index (κ3) is 10.6. The molecule has 0 aliphatic rings. The van der Waals surface area contributed by atoms with Gasteiger partial charge in [-0.2, -0.15) is 0 Å². The summed E-state index contributed by atoms with van der Waals surface area (Å²) in [5, 5.41) is 51.9. The number of carboxylic acid groups (broad SMARTS) is 1. The molecule has 0 amide bonds. The Bertz CT molecular complexity index is 305. The summed E-state index contributed by atoms with van der Waals surface area (Å²) in [4.78, 5) is 20.0. The van der Waals surface area contributed by atoms with Gasteiger partial charge < -0.3 is 46.9 Å². The fraction of sp³-hybridized carbons (Fsp3) is 0.833. The number of carbonyl (C=O) groups is 2. The topological polar surface area (TPSA) is 208 Å². The number of nitrogens with two attached hydrogens (primary N) is 2. The van der Waals surface area contributed by atoms with Gasteiger partial charge in [0.25, 0.3) is 0 Å². The zero-order valence-corrected chi connectivity index (χ0v) is 12.2. The van der Waals surface area contributed by atoms with Crippen LogP contribution >= 0.6 is 0 Å². The van der Waals surface area contributed by atoms with Crippen molar-refractivity contribution in [2.75, 3.05) is 13.2 Å². The van der Waals surface area contributed by atoms with Crippen LogP contribution in [0.25, 0.3) is 0 Å². The normalized spacial score (nSPS) is 17.4. The lowest BCUT2D eigenvalue weighted by atomic mass is 10.0. The fourth-order valence-corrected chi connectivity index (χ4v) is 1.25. The van der Waals surface area contributed by atoms with Gasteiger partial charge in [-0.05, 0) is 19.4 Å². The summed E-state index contributed by atoms with van der Waals surface area (Å²) in [6.07, 6.45) is -4.68. The summed E-state index contributed by atoms with van der Waals surface area (Å²) in [6.45, 7) is -0.157. The van der Waals surface area contributed by atoms with Crippen LogP contribution in [0.15, 0.2) is 0 Å². The molecule has 0 aliphatic heterocycles. The van der Waals surface area contributed by atoms with Gasteiger partial charge in [-0.1, -0.05) is 6.42 Å². The van der Waals surface area contributed by atoms with Crippen molar-refractivity contribution in [2.24, 2.45) is 11.5 Å². The predicted molar refractivity (Wildman–Crippen MR) is 75.7 cm³/mol. The van der Waals surface area contributed by atoms with Crippen LogP contribution < -0.4 is 11.5 Å². The molecule has 22 heavy (non-hydrogen) atoms. The lowest BCUT2D eigenvalue weighted by Gasteiger charge is -2.22. The van der Waals surface area contributed by atoms with Crippen molar-refractivity contribution < 1.29 is 40.2 Å². The minimum absolute atomic E-state index is 0.0258. The molecule has 10 heteroatoms. The van der Waals surface area contributed by atoms with Gasteiger partial charge in [-0.25, -0.2) is 0 Å². The molecule has 0 aromatic rings. The molecule has 132 valence electrons. The van der Waals surface area contributed by atoms with Crippen LogP contribution in [-0.2, 0) is 9.59 Å². The van der Waals surface area contributed by atoms with Crippen LogP contribution in [0.4, 0.5) is 0 Å². The van der Waals surface area contributed by atoms with E-state index in [9.17, 15) is 9.59 Å². The van der Waals surface area contributed by atoms with E-state index >= 15 is 0 Å². The Morgan fingerprint density at radius 1 is 1.09 bits per heavy atom. The molecule has 0 rings (SSSR count). The van der Waals surface area contributed by atoms with Crippen molar-refractivity contribution in [1.82, 2.24) is 0 Å². The van der Waals surface area contributed by atoms with E-state index in [1.165, 1.54) is 0 Å². The van der Waals surface area contributed by atoms with Crippen LogP contribution in [0.1, 0.15) is 19.3 Å². The summed E-state index contributed by atoms with van der Waals surface area (Å²) in [5.74, 6) is -0.933. The van der Waals surface area contributed by atoms with Crippen molar-refractivity contribution in [3.63, 3.8) is 0 Å². The van der Waals surface area contributed by atoms with Crippen molar-refractivity contribution in [1.29, 1.82) is 0 Å². The lowest BCUT2D eigenvalue weighted by Crippen LogP contribution is -2.46. The van der Waals surface area contributed by atoms with E-state index in [1.807, 2.05) is 0 Å². The SMILES string of the molecule is NCCCCC(N)C(=O)O.O=C[C@H](O)[C@@H](O)[C@H](O)[C@H](O)CO. The highest BCUT2D eigenvalue weighted by atomic mass is 16.4. The van der Waals surface area contributed by atoms with E-state index in [0.29, 0.717) is 13.0 Å². The highest BCUT2D eigenvalue weighted by molar-refractivity contribution is 5.72. The molecule has 0 saturated heterocycles. The van der Waals surface area contributed by atoms with Crippen LogP contribution in [0, 0.1) is 0 Å². The number of hydrogen-bond donors (Lipinski definition) is 8. The zero-order chi connectivity index (χ0) is 17.7. The summed E-state index contributed by atoms with van der Waals surface area (Å²) >= 11 is 0. The van der Waals surface area contributed by atoms with Crippen molar-refractivity contribution in [3.8, 4) is 0 Å². The number of carbonyl (C=O) groups excluding carboxylic acids is 1. The van der Waals surface area contributed by atoms with Gasteiger partial charge in [-0.3, -0.25) is 4.79 Å². The van der Waals surface area contributed by atoms with E-state index < -0.39 is 43.0 Å². The number of aldehydes is 1. The third-order valence-corrected chi connectivity index (χ3v) is 2.71. The lowest BCUT2D eigenvalue weighted by molar-refractivity contribution is -0.138. The minimum atomic E-state index is -1.79. The average Bonchev–Trinajstić information content (AvgIpc) is 2.52. The Balaban J connectivity index is 0. The largest absolute Gasteiger partial charge is 0.480 e. The summed E-state index contributed by atoms with van der Waals surface area (Å²) in [5.41, 5.74) is 10.4. The number of rotatable bonds is 10. The number of unbranched alkanes of at least 4 members (excludes halogenated alkanes) is 1. The molecular formula is C12H26N2O8. The molecule has 0 saturated carbocycles. The molecule has 0 aliphatic carbocycles. The monoisotopic (exact) mass is 326 g/mol. The molecule has 1 unspecified atom stereocenters. The molecule has 0 spiro atoms. The third-order valence-electron chi connectivity index (χ3n) is 2.71. The average molecular weight is 326 g/mol. The molecule has 10 N–H and O–H groups in total. The zero-order valence-electron chi connectivity index (χ0n) is 12.2. The second kappa shape index (κ2) is 13.5. The molecule has 10 nitrogen and oxygen atoms in total. The second-order valence-corrected chi connectivity index (χ2v) is 4.59. The number of aliphatic hydroxyl groups excluding tert-OH is 5. The molecule has 5 atom stereocenters. The standard InChI is InChI=1S/C6H14N2O2.C6H12O6/c7-4-2-1-3-5(8)6(9)10;7-1-3(9)5(11)6(12)4(10)2-8/h5H,1-4,7-8H2,(H,9,10);1,3-6,8-12H,2H2/t;3-,4+,5+,6+/m.0/s1. The first-order chi connectivity index (χ1) is 10.2. The maximum absolute atomic E-state index is 10.1. The van der Waals surface area contributed by atoms with Crippen LogP contribution in [0.2, 0.25) is 0 Å². The highest BCUT2D eigenvalue weighted by Crippen LogP contribution is 2.03. The Morgan fingerprint density at radius 3 is 2.00 bits per heavy atom. The van der Waals surface area contributed by atoms with Crippen LogP contribution in [0.5, 0.6) is 0 Å². The van der Waals surface area contributed by atoms with E-state index in [1.54, 1.807) is 0 Å². The van der Waals surface area contributed by atoms with E-state index in [0.717, 1.165) is 12.8 Å². The number of carboxylic acids is 1. The Kier molecular flexibility index (Phi) is 14.2. The molecule has 0 heterocycles. The van der Waals surface area contributed by atoms with Gasteiger partial charge >= 0.3 is 5.97 Å². The summed E-state index contributed by atoms with van der Waals surface area (Å²) < 4.78 is 0. The molecule has 0 aromatic carbocycles. The maximum atomic E-state index is 10.1. The van der Waals surface area contributed by atoms with Crippen LogP contribution in [-0.4, -0.2) is 86.5 Å². The van der Waals surface area contributed by atoms with Gasteiger partial charge in [0.1, 0.15) is 30.5 Å². The first kappa shape index (κ1) is 23.1. The molecule has 0 aromatic heterocycles. The Morgan fingerprint density at radius 2 is 1.64 bits per heavy atom. The summed E-state index contributed by atoms with van der Waals surface area (Å²) in [7, 11) is 0. The molecular weight excluding hydrogens is 300 g/mol. The van der Waals surface area contributed by atoms with Crippen molar-refractivity contribution >= 4 is 12.3 Å². The highest BCUT2D eigenvalue weighted by Gasteiger charge is 2.29. The maximum Gasteiger partial charge on any atom is 0.320 e. The van der Waals surface area contributed by atoms with Gasteiger partial charge in [0.2, 0.25) is 0 Å². The molecule has 0 fully saturated rings. The van der Waals surface area contributed by atoms with Crippen molar-refractivity contribution in [3.05, 3.63) is 0 Å². The first-order valence-electron chi connectivity index (χ1n) is 6.69. The molecule has 0 bridgehead atoms. The summed E-state index contributed by atoms with van der Waals surface area (Å²) in [6, 6.07) is -0.716. The Hall–Kier alpha value is -1.14. The van der Waals surface area contributed by atoms with Gasteiger partial charge in [0.05, 0.1) is 6.61 Å². The predicted octanol–water partition coefficient (Wildman–Crippen LogP) is -3.85. The minimum Gasteiger partial charge on any atom is -0.480 e. The number of hydrogen-bond acceptors (Lipinski definition) is 9. The van der Waals surface area contributed by atoms with E-state index in [-0.39, 0.29) is 6.29 Å². The molecule has 0 radical (unpaired) electrons. The number of aliphatic hydroxyl groups is 5. The smallest absolute Gasteiger partial charge is 0.320 e. The van der Waals surface area contributed by atoms with Crippen molar-refractivity contribution in [2.45, 2.75) is 49.7 Å². The fourth-order valence-electron chi connectivity index (χ4n) is 1.25. The second-order valence-electron chi connectivity index (χ2n) is 4.59. The van der Waals surface area contributed by atoms with Crippen LogP contribution in [0.3, 0.4) is 0 Å². The van der Waals surface area contributed by atoms with E-state index in [2.05, 4.69) is 0 Å². The van der Waals surface area contributed by atoms with E-state index in [4.69, 9.17) is 42.1 Å². The van der Waals surface area contributed by atoms with Gasteiger partial charge in [-0.15, -0.1) is 0 Å². The van der Waals surface area contributed by atoms with Gasteiger partial charge in [0, 0.05) is 0 Å². The first-order valence-corrected chi connectivity index (χ1v) is 6.69. The number of aliphatic carboxylic acids is 1. The Labute approximate surface area is 128 Å². The van der Waals surface area contributed by atoms with Gasteiger partial charge in [0.15, 0.2) is 6.29 Å².